The highest BCUT2D eigenvalue weighted by atomic mass is 16.5. The summed E-state index contributed by atoms with van der Waals surface area (Å²) in [5.41, 5.74) is 12.8. The Morgan fingerprint density at radius 2 is 1.47 bits per heavy atom. The number of nitrogens with zero attached hydrogens (tertiary/aromatic N) is 4. The highest BCUT2D eigenvalue weighted by Gasteiger charge is 2.38. The molecular weight excluding hydrogens is 813 g/mol. The van der Waals surface area contributed by atoms with Gasteiger partial charge in [0.25, 0.3) is 11.8 Å². The number of aromatic nitrogens is 2. The van der Waals surface area contributed by atoms with Crippen molar-refractivity contribution >= 4 is 41.5 Å². The Kier molecular flexibility index (Phi) is 21.5. The number of likely N-dealkylation sites (tertiary alicyclic amines) is 2. The number of nitrogens with one attached hydrogen (secondary N) is 2. The molecule has 64 heavy (non-hydrogen) atoms. The van der Waals surface area contributed by atoms with E-state index in [2.05, 4.69) is 32.5 Å². The lowest BCUT2D eigenvalue weighted by Crippen LogP contribution is -2.41. The molecule has 15 heteroatoms. The average Bonchev–Trinajstić information content (AvgIpc) is 3.92. The Balaban J connectivity index is 0.000000182. The fraction of sp³-hybridized carbons (Fsp3) is 0.551. The molecule has 5 aliphatic rings. The number of anilines is 1. The summed E-state index contributed by atoms with van der Waals surface area (Å²) in [7, 11) is 3.91. The van der Waals surface area contributed by atoms with Crippen LogP contribution in [0.3, 0.4) is 0 Å². The number of hydrogen-bond acceptors (Lipinski definition) is 10. The van der Waals surface area contributed by atoms with E-state index in [1.165, 1.54) is 75.9 Å². The van der Waals surface area contributed by atoms with E-state index in [1.54, 1.807) is 30.4 Å². The van der Waals surface area contributed by atoms with Crippen molar-refractivity contribution in [3.05, 3.63) is 90.5 Å². The minimum atomic E-state index is -0.628. The Labute approximate surface area is 378 Å². The van der Waals surface area contributed by atoms with Gasteiger partial charge in [0, 0.05) is 68.6 Å². The molecule has 0 bridgehead atoms. The fourth-order valence-electron chi connectivity index (χ4n) is 8.56. The van der Waals surface area contributed by atoms with Crippen molar-refractivity contribution in [3.8, 4) is 0 Å². The number of piperidine rings is 1. The first-order chi connectivity index (χ1) is 30.8. The topological polar surface area (TPSA) is 220 Å². The third-order valence-corrected chi connectivity index (χ3v) is 12.7. The summed E-state index contributed by atoms with van der Waals surface area (Å²) in [6.45, 7) is 5.64. The summed E-state index contributed by atoms with van der Waals surface area (Å²) >= 11 is 0. The number of carbonyl (C=O) groups excluding carboxylic acids is 6. The van der Waals surface area contributed by atoms with Crippen molar-refractivity contribution in [2.24, 2.45) is 34.6 Å². The summed E-state index contributed by atoms with van der Waals surface area (Å²) in [5, 5.41) is 5.72. The van der Waals surface area contributed by atoms with Crippen molar-refractivity contribution < 1.29 is 33.5 Å². The number of benzene rings is 1. The van der Waals surface area contributed by atoms with Crippen LogP contribution in [0.25, 0.3) is 0 Å². The predicted octanol–water partition coefficient (Wildman–Crippen LogP) is 5.69. The van der Waals surface area contributed by atoms with Crippen LogP contribution in [0, 0.1) is 23.2 Å². The molecule has 3 aliphatic heterocycles. The van der Waals surface area contributed by atoms with Crippen molar-refractivity contribution in [2.75, 3.05) is 39.0 Å². The number of rotatable bonds is 8. The zero-order chi connectivity index (χ0) is 46.3. The Bertz CT molecular complexity index is 1870. The van der Waals surface area contributed by atoms with E-state index < -0.39 is 12.0 Å². The van der Waals surface area contributed by atoms with Crippen LogP contribution in [0.4, 0.5) is 5.69 Å². The number of amides is 5. The van der Waals surface area contributed by atoms with Crippen LogP contribution in [0.5, 0.6) is 0 Å². The molecule has 3 unspecified atom stereocenters. The number of pyridine rings is 2. The van der Waals surface area contributed by atoms with E-state index in [0.717, 1.165) is 38.4 Å². The standard InChI is InChI=1S/C14H19NO.C12H15N3O3.C12H22N2O.C6H9NO2.C5H5N/c16-14(13-9-5-2-6-10-13)15-11-12-7-3-1-4-8-12;1-7-2-3-10(18-7)12(17)15-8-4-5-14-9(6-8)11(13)16;1-14-8-6-12(7-9-14)4-2-10(3-5-12)11(13)15;1-7-3-5(4-8)2-6(7)9;1-2-4-6-5-3-1/h1,3-4,7-8,13H,2,5-6,9-11H2,(H,15,16);4-7,10H,2-3H2,1H3,(H2,13,16)(H,14,15,17);10H,2-9H2,1H3,(H2,13,15);4-5H,2-3H2,1H3;1-5H. The minimum absolute atomic E-state index is 0.0532. The van der Waals surface area contributed by atoms with Crippen LogP contribution in [0.1, 0.15) is 113 Å². The van der Waals surface area contributed by atoms with Gasteiger partial charge in [-0.15, -0.1) is 0 Å². The summed E-state index contributed by atoms with van der Waals surface area (Å²) in [6.07, 6.45) is 20.4. The molecule has 3 aromatic rings. The van der Waals surface area contributed by atoms with E-state index in [4.69, 9.17) is 16.2 Å². The van der Waals surface area contributed by atoms with Gasteiger partial charge in [-0.05, 0) is 127 Å². The second-order valence-corrected chi connectivity index (χ2v) is 17.7. The lowest BCUT2D eigenvalue weighted by Gasteiger charge is -2.44. The number of nitrogens with two attached hydrogens (primary N) is 2. The summed E-state index contributed by atoms with van der Waals surface area (Å²) in [6, 6.07) is 18.8. The molecule has 2 aromatic heterocycles. The van der Waals surface area contributed by atoms with Crippen LogP contribution in [-0.2, 0) is 35.3 Å². The van der Waals surface area contributed by atoms with Gasteiger partial charge in [0.15, 0.2) is 0 Å². The van der Waals surface area contributed by atoms with Crippen LogP contribution >= 0.6 is 0 Å². The van der Waals surface area contributed by atoms with Gasteiger partial charge in [-0.3, -0.25) is 33.9 Å². The minimum Gasteiger partial charge on any atom is -0.369 e. The van der Waals surface area contributed by atoms with Gasteiger partial charge in [-0.1, -0.05) is 55.7 Å². The van der Waals surface area contributed by atoms with Gasteiger partial charge in [0.05, 0.1) is 6.10 Å². The summed E-state index contributed by atoms with van der Waals surface area (Å²) in [5.74, 6) is -0.235. The van der Waals surface area contributed by atoms with Crippen LogP contribution in [0.15, 0.2) is 79.3 Å². The summed E-state index contributed by atoms with van der Waals surface area (Å²) in [4.78, 5) is 78.2. The maximum atomic E-state index is 11.9. The second-order valence-electron chi connectivity index (χ2n) is 17.7. The van der Waals surface area contributed by atoms with Crippen LogP contribution < -0.4 is 22.1 Å². The molecule has 1 aromatic carbocycles. The molecule has 0 radical (unpaired) electrons. The lowest BCUT2D eigenvalue weighted by atomic mass is 9.65. The molecule has 1 spiro atoms. The first kappa shape index (κ1) is 51.1. The first-order valence-electron chi connectivity index (χ1n) is 22.8. The van der Waals surface area contributed by atoms with Crippen molar-refractivity contribution in [1.82, 2.24) is 25.1 Å². The number of hydrogen-bond donors (Lipinski definition) is 4. The molecule has 5 amide bonds. The number of ether oxygens (including phenoxy) is 1. The molecule has 6 N–H and O–H groups in total. The molecular formula is C49H70N8O7. The zero-order valence-electron chi connectivity index (χ0n) is 38.0. The van der Waals surface area contributed by atoms with Gasteiger partial charge in [-0.2, -0.15) is 0 Å². The smallest absolute Gasteiger partial charge is 0.267 e. The monoisotopic (exact) mass is 883 g/mol. The van der Waals surface area contributed by atoms with Gasteiger partial charge >= 0.3 is 0 Å². The highest BCUT2D eigenvalue weighted by Crippen LogP contribution is 2.46. The van der Waals surface area contributed by atoms with Gasteiger partial charge < -0.3 is 41.4 Å². The normalized spacial score (nSPS) is 21.8. The van der Waals surface area contributed by atoms with Crippen molar-refractivity contribution in [1.29, 1.82) is 0 Å². The van der Waals surface area contributed by atoms with E-state index in [-0.39, 0.29) is 53.2 Å². The molecule has 2 saturated carbocycles. The summed E-state index contributed by atoms with van der Waals surface area (Å²) < 4.78 is 5.45. The number of aldehydes is 1. The molecule has 3 atom stereocenters. The molecule has 8 rings (SSSR count). The zero-order valence-corrected chi connectivity index (χ0v) is 38.0. The van der Waals surface area contributed by atoms with Gasteiger partial charge in [0.2, 0.25) is 17.7 Å². The molecule has 3 saturated heterocycles. The Morgan fingerprint density at radius 1 is 0.812 bits per heavy atom. The molecule has 5 fully saturated rings. The number of carbonyl (C=O) groups is 6. The van der Waals surface area contributed by atoms with Crippen LogP contribution in [-0.4, -0.2) is 102 Å². The third-order valence-electron chi connectivity index (χ3n) is 12.7. The fourth-order valence-corrected chi connectivity index (χ4v) is 8.56. The van der Waals surface area contributed by atoms with Gasteiger partial charge in [-0.25, -0.2) is 0 Å². The average molecular weight is 883 g/mol. The molecule has 348 valence electrons. The largest absolute Gasteiger partial charge is 0.369 e. The van der Waals surface area contributed by atoms with E-state index >= 15 is 0 Å². The maximum Gasteiger partial charge on any atom is 0.267 e. The third kappa shape index (κ3) is 17.9. The Morgan fingerprint density at radius 3 is 1.97 bits per heavy atom. The highest BCUT2D eigenvalue weighted by molar-refractivity contribution is 5.96. The van der Waals surface area contributed by atoms with E-state index in [1.807, 2.05) is 55.5 Å². The maximum absolute atomic E-state index is 11.9. The number of primary amides is 2. The molecule has 2 aliphatic carbocycles. The van der Waals surface area contributed by atoms with Gasteiger partial charge in [0.1, 0.15) is 18.1 Å². The second kappa shape index (κ2) is 26.9. The van der Waals surface area contributed by atoms with E-state index in [9.17, 15) is 28.8 Å². The molecule has 15 nitrogen and oxygen atoms in total. The quantitative estimate of drug-likeness (QED) is 0.203. The lowest BCUT2D eigenvalue weighted by molar-refractivity contribution is -0.127. The van der Waals surface area contributed by atoms with Crippen molar-refractivity contribution in [3.63, 3.8) is 0 Å². The first-order valence-corrected chi connectivity index (χ1v) is 22.8. The van der Waals surface area contributed by atoms with Crippen molar-refractivity contribution in [2.45, 2.75) is 116 Å². The molecule has 5 heterocycles. The predicted molar refractivity (Wildman–Crippen MR) is 246 cm³/mol. The van der Waals surface area contributed by atoms with E-state index in [0.29, 0.717) is 37.0 Å². The van der Waals surface area contributed by atoms with Crippen LogP contribution in [0.2, 0.25) is 0 Å². The SMILES string of the molecule is CC1CCC(C(=O)Nc2ccnc(C(N)=O)c2)O1.CN1CC(C=O)CC1=O.CN1CCC2(CCC(C(N)=O)CC2)CC1.O=C(NCc1ccccc1)C1CCCCC1.c1ccncc1. The Hall–Kier alpha value is -5.54.